The van der Waals surface area contributed by atoms with Gasteiger partial charge in [0.2, 0.25) is 5.91 Å². The highest BCUT2D eigenvalue weighted by Crippen LogP contribution is 2.37. The zero-order valence-corrected chi connectivity index (χ0v) is 19.3. The molecular weight excluding hydrogens is 408 g/mol. The van der Waals surface area contributed by atoms with E-state index in [2.05, 4.69) is 54.8 Å². The fourth-order valence-corrected chi connectivity index (χ4v) is 5.03. The molecule has 166 valence electrons. The summed E-state index contributed by atoms with van der Waals surface area (Å²) in [6.07, 6.45) is 6.20. The molecule has 5 heteroatoms. The number of fused-ring (bicyclic) bond motifs is 3. The molecule has 1 aliphatic heterocycles. The van der Waals surface area contributed by atoms with E-state index in [1.165, 1.54) is 11.1 Å². The van der Waals surface area contributed by atoms with Crippen molar-refractivity contribution in [2.45, 2.75) is 64.8 Å². The second-order valence-corrected chi connectivity index (χ2v) is 8.80. The second kappa shape index (κ2) is 10.4. The van der Waals surface area contributed by atoms with Crippen molar-refractivity contribution in [1.29, 1.82) is 0 Å². The fraction of sp³-hybridized carbons (Fsp3) is 0.462. The van der Waals surface area contributed by atoms with Crippen molar-refractivity contribution >= 4 is 29.8 Å². The number of hydrogen-bond donors (Lipinski definition) is 2. The van der Waals surface area contributed by atoms with E-state index in [1.807, 2.05) is 6.07 Å². The van der Waals surface area contributed by atoms with Gasteiger partial charge in [0.1, 0.15) is 0 Å². The van der Waals surface area contributed by atoms with Gasteiger partial charge in [-0.2, -0.15) is 0 Å². The van der Waals surface area contributed by atoms with E-state index >= 15 is 0 Å². The Hall–Kier alpha value is -2.17. The van der Waals surface area contributed by atoms with Gasteiger partial charge < -0.3 is 10.6 Å². The number of aryl methyl sites for hydroxylation is 1. The molecule has 0 bridgehead atoms. The number of rotatable bonds is 7. The molecule has 1 heterocycles. The van der Waals surface area contributed by atoms with E-state index in [9.17, 15) is 9.59 Å². The highest BCUT2D eigenvalue weighted by molar-refractivity contribution is 6.05. The summed E-state index contributed by atoms with van der Waals surface area (Å²) in [6.45, 7) is 5.00. The number of carbonyl (C=O) groups is 2. The zero-order valence-electron chi connectivity index (χ0n) is 18.5. The third-order valence-electron chi connectivity index (χ3n) is 6.62. The summed E-state index contributed by atoms with van der Waals surface area (Å²) in [6, 6.07) is 13.0. The standard InChI is InChI=1S/C26H32N2O2.ClH/c1-3-7-20(15-18-8-5-4-6-9-18)27-16-19-10-11-21-17(2)14-23-22(25(21)26(19)30)12-13-24(29)28-23;/h4-6,8-9,14,19-20,27H,3,7,10-13,15-16H2,1-2H3,(H,28,29);1H. The van der Waals surface area contributed by atoms with Crippen molar-refractivity contribution in [3.63, 3.8) is 0 Å². The molecule has 0 fully saturated rings. The number of halogens is 1. The van der Waals surface area contributed by atoms with Gasteiger partial charge >= 0.3 is 0 Å². The molecule has 4 nitrogen and oxygen atoms in total. The Balaban J connectivity index is 0.00000272. The van der Waals surface area contributed by atoms with Crippen LogP contribution in [-0.4, -0.2) is 24.3 Å². The van der Waals surface area contributed by atoms with Crippen molar-refractivity contribution in [2.24, 2.45) is 5.92 Å². The molecule has 0 saturated heterocycles. The van der Waals surface area contributed by atoms with Crippen LogP contribution in [-0.2, 0) is 24.1 Å². The van der Waals surface area contributed by atoms with Crippen LogP contribution in [0.3, 0.4) is 0 Å². The van der Waals surface area contributed by atoms with Gasteiger partial charge in [0.05, 0.1) is 0 Å². The first-order valence-electron chi connectivity index (χ1n) is 11.3. The van der Waals surface area contributed by atoms with Crippen molar-refractivity contribution < 1.29 is 9.59 Å². The lowest BCUT2D eigenvalue weighted by Crippen LogP contribution is -2.39. The smallest absolute Gasteiger partial charge is 0.224 e. The van der Waals surface area contributed by atoms with Gasteiger partial charge in [-0.3, -0.25) is 9.59 Å². The summed E-state index contributed by atoms with van der Waals surface area (Å²) >= 11 is 0. The molecule has 2 aromatic carbocycles. The van der Waals surface area contributed by atoms with Gasteiger partial charge in [0.25, 0.3) is 0 Å². The van der Waals surface area contributed by atoms with Gasteiger partial charge in [-0.25, -0.2) is 0 Å². The third-order valence-corrected chi connectivity index (χ3v) is 6.62. The minimum absolute atomic E-state index is 0. The van der Waals surface area contributed by atoms with Crippen LogP contribution >= 0.6 is 12.4 Å². The van der Waals surface area contributed by atoms with Gasteiger partial charge in [-0.15, -0.1) is 12.4 Å². The number of anilines is 1. The Morgan fingerprint density at radius 3 is 2.61 bits per heavy atom. The molecule has 2 aromatic rings. The van der Waals surface area contributed by atoms with Crippen LogP contribution in [0.5, 0.6) is 0 Å². The first kappa shape index (κ1) is 23.5. The average molecular weight is 441 g/mol. The number of hydrogen-bond acceptors (Lipinski definition) is 3. The van der Waals surface area contributed by atoms with Crippen molar-refractivity contribution in [3.05, 3.63) is 64.2 Å². The summed E-state index contributed by atoms with van der Waals surface area (Å²) in [5.41, 5.74) is 6.46. The number of benzene rings is 2. The van der Waals surface area contributed by atoms with Gasteiger partial charge in [0, 0.05) is 36.2 Å². The predicted molar refractivity (Wildman–Crippen MR) is 128 cm³/mol. The highest BCUT2D eigenvalue weighted by atomic mass is 35.5. The fourth-order valence-electron chi connectivity index (χ4n) is 5.03. The van der Waals surface area contributed by atoms with E-state index in [1.54, 1.807) is 0 Å². The molecule has 0 spiro atoms. The van der Waals surface area contributed by atoms with Gasteiger partial charge in [0.15, 0.2) is 5.78 Å². The van der Waals surface area contributed by atoms with Gasteiger partial charge in [-0.05, 0) is 67.3 Å². The normalized spacial score (nSPS) is 18.5. The number of carbonyl (C=O) groups excluding carboxylic acids is 2. The van der Waals surface area contributed by atoms with E-state index in [4.69, 9.17) is 0 Å². The third kappa shape index (κ3) is 5.19. The van der Waals surface area contributed by atoms with Crippen LogP contribution in [0, 0.1) is 12.8 Å². The maximum atomic E-state index is 13.5. The first-order chi connectivity index (χ1) is 14.6. The molecule has 1 aliphatic carbocycles. The predicted octanol–water partition coefficient (Wildman–Crippen LogP) is 5.05. The number of nitrogens with one attached hydrogen (secondary N) is 2. The molecule has 2 atom stereocenters. The number of ketones is 1. The lowest BCUT2D eigenvalue weighted by atomic mass is 9.76. The highest BCUT2D eigenvalue weighted by Gasteiger charge is 2.33. The van der Waals surface area contributed by atoms with E-state index in [-0.39, 0.29) is 30.0 Å². The topological polar surface area (TPSA) is 58.2 Å². The lowest BCUT2D eigenvalue weighted by molar-refractivity contribution is -0.116. The Kier molecular flexibility index (Phi) is 7.90. The summed E-state index contributed by atoms with van der Waals surface area (Å²) in [5, 5.41) is 6.68. The van der Waals surface area contributed by atoms with Crippen molar-refractivity contribution in [3.8, 4) is 0 Å². The van der Waals surface area contributed by atoms with Crippen LogP contribution in [0.25, 0.3) is 0 Å². The first-order valence-corrected chi connectivity index (χ1v) is 11.3. The molecule has 4 rings (SSSR count). The monoisotopic (exact) mass is 440 g/mol. The molecule has 2 aliphatic rings. The summed E-state index contributed by atoms with van der Waals surface area (Å²) in [5.74, 6) is 0.317. The average Bonchev–Trinajstić information content (AvgIpc) is 2.74. The molecule has 2 N–H and O–H groups in total. The SMILES string of the molecule is CCCC(Cc1ccccc1)NCC1CCc2c(C)cc3c(c2C1=O)CCC(=O)N3.Cl. The second-order valence-electron chi connectivity index (χ2n) is 8.80. The number of amides is 1. The Morgan fingerprint density at radius 2 is 1.87 bits per heavy atom. The maximum Gasteiger partial charge on any atom is 0.224 e. The van der Waals surface area contributed by atoms with Crippen molar-refractivity contribution in [1.82, 2.24) is 5.32 Å². The molecule has 0 radical (unpaired) electrons. The Labute approximate surface area is 191 Å². The Bertz CT molecular complexity index is 942. The summed E-state index contributed by atoms with van der Waals surface area (Å²) in [4.78, 5) is 25.3. The van der Waals surface area contributed by atoms with Crippen LogP contribution < -0.4 is 10.6 Å². The van der Waals surface area contributed by atoms with Crippen LogP contribution in [0.1, 0.15) is 65.2 Å². The summed E-state index contributed by atoms with van der Waals surface area (Å²) < 4.78 is 0. The molecule has 0 aromatic heterocycles. The molecule has 1 amide bonds. The largest absolute Gasteiger partial charge is 0.326 e. The number of Topliss-reactive ketones (excluding diaryl/α,β-unsaturated/α-hetero) is 1. The molecule has 2 unspecified atom stereocenters. The molecule has 31 heavy (non-hydrogen) atoms. The Morgan fingerprint density at radius 1 is 1.10 bits per heavy atom. The van der Waals surface area contributed by atoms with Gasteiger partial charge in [-0.1, -0.05) is 43.7 Å². The molecular formula is C26H33ClN2O2. The molecule has 0 saturated carbocycles. The minimum Gasteiger partial charge on any atom is -0.326 e. The quantitative estimate of drug-likeness (QED) is 0.633. The van der Waals surface area contributed by atoms with Crippen LogP contribution in [0.2, 0.25) is 0 Å². The lowest BCUT2D eigenvalue weighted by Gasteiger charge is -2.31. The maximum absolute atomic E-state index is 13.5. The van der Waals surface area contributed by atoms with E-state index in [0.717, 1.165) is 61.0 Å². The van der Waals surface area contributed by atoms with Crippen LogP contribution in [0.4, 0.5) is 5.69 Å². The van der Waals surface area contributed by atoms with Crippen molar-refractivity contribution in [2.75, 3.05) is 11.9 Å². The minimum atomic E-state index is 0. The zero-order chi connectivity index (χ0) is 21.1. The summed E-state index contributed by atoms with van der Waals surface area (Å²) in [7, 11) is 0. The van der Waals surface area contributed by atoms with E-state index < -0.39 is 0 Å². The van der Waals surface area contributed by atoms with Crippen LogP contribution in [0.15, 0.2) is 36.4 Å². The van der Waals surface area contributed by atoms with E-state index in [0.29, 0.717) is 18.9 Å².